The van der Waals surface area contributed by atoms with Crippen molar-refractivity contribution in [3.8, 4) is 0 Å². The number of alkyl halides is 1. The molecule has 0 aliphatic carbocycles. The van der Waals surface area contributed by atoms with Crippen molar-refractivity contribution in [3.05, 3.63) is 0 Å². The van der Waals surface area contributed by atoms with Gasteiger partial charge in [0, 0.05) is 19.0 Å². The van der Waals surface area contributed by atoms with Gasteiger partial charge in [0.25, 0.3) is 0 Å². The summed E-state index contributed by atoms with van der Waals surface area (Å²) in [7, 11) is 0. The van der Waals surface area contributed by atoms with Crippen LogP contribution < -0.4 is 0 Å². The smallest absolute Gasteiger partial charge is 0.0837 e. The van der Waals surface area contributed by atoms with Crippen molar-refractivity contribution in [1.29, 1.82) is 0 Å². The molecule has 0 radical (unpaired) electrons. The average Bonchev–Trinajstić information content (AvgIpc) is 2.19. The minimum atomic E-state index is 0.261. The van der Waals surface area contributed by atoms with Crippen LogP contribution in [-0.4, -0.2) is 43.1 Å². The predicted molar refractivity (Wildman–Crippen MR) is 56.4 cm³/mol. The number of rotatable bonds is 5. The molecule has 1 fully saturated rings. The van der Waals surface area contributed by atoms with Crippen LogP contribution in [0.15, 0.2) is 0 Å². The Kier molecular flexibility index (Phi) is 5.76. The molecule has 0 N–H and O–H groups in total. The molecule has 2 nitrogen and oxygen atoms in total. The third kappa shape index (κ3) is 4.30. The lowest BCUT2D eigenvalue weighted by Gasteiger charge is -2.31. The molecule has 0 amide bonds. The van der Waals surface area contributed by atoms with Crippen molar-refractivity contribution in [3.63, 3.8) is 0 Å². The predicted octanol–water partition coefficient (Wildman–Crippen LogP) is 2.12. The van der Waals surface area contributed by atoms with Crippen molar-refractivity contribution in [2.75, 3.05) is 32.1 Å². The molecule has 3 heteroatoms. The Bertz CT molecular complexity index is 132. The highest BCUT2D eigenvalue weighted by Gasteiger charge is 2.18. The fourth-order valence-electron chi connectivity index (χ4n) is 1.66. The second-order valence-electron chi connectivity index (χ2n) is 3.65. The monoisotopic (exact) mass is 205 g/mol. The number of morpholine rings is 1. The first-order valence-electron chi connectivity index (χ1n) is 5.26. The summed E-state index contributed by atoms with van der Waals surface area (Å²) in [6.45, 7) is 6.40. The van der Waals surface area contributed by atoms with Crippen LogP contribution in [0, 0.1) is 0 Å². The van der Waals surface area contributed by atoms with Crippen LogP contribution in [0.2, 0.25) is 0 Å². The summed E-state index contributed by atoms with van der Waals surface area (Å²) in [5.41, 5.74) is 0. The molecule has 0 saturated carbocycles. The molecule has 78 valence electrons. The molecule has 1 unspecified atom stereocenters. The van der Waals surface area contributed by atoms with Crippen molar-refractivity contribution < 1.29 is 4.74 Å². The lowest BCUT2D eigenvalue weighted by molar-refractivity contribution is -0.0167. The molecule has 0 aromatic rings. The average molecular weight is 206 g/mol. The Morgan fingerprint density at radius 1 is 1.46 bits per heavy atom. The summed E-state index contributed by atoms with van der Waals surface area (Å²) < 4.78 is 5.49. The van der Waals surface area contributed by atoms with Crippen molar-refractivity contribution in [1.82, 2.24) is 4.90 Å². The molecule has 1 aliphatic heterocycles. The third-order valence-corrected chi connectivity index (χ3v) is 2.82. The molecule has 0 bridgehead atoms. The first-order chi connectivity index (χ1) is 6.36. The van der Waals surface area contributed by atoms with Crippen LogP contribution in [0.5, 0.6) is 0 Å². The van der Waals surface area contributed by atoms with Crippen LogP contribution in [0.25, 0.3) is 0 Å². The summed E-state index contributed by atoms with van der Waals surface area (Å²) in [6.07, 6.45) is 4.20. The van der Waals surface area contributed by atoms with Gasteiger partial charge in [0.1, 0.15) is 0 Å². The molecule has 1 aliphatic rings. The molecule has 1 heterocycles. The Balaban J connectivity index is 2.11. The zero-order valence-corrected chi connectivity index (χ0v) is 9.22. The highest BCUT2D eigenvalue weighted by atomic mass is 35.5. The SMILES string of the molecule is CCCCCN1CCOC(CCl)C1. The van der Waals surface area contributed by atoms with E-state index < -0.39 is 0 Å². The third-order valence-electron chi connectivity index (χ3n) is 2.47. The largest absolute Gasteiger partial charge is 0.374 e. The van der Waals surface area contributed by atoms with Gasteiger partial charge < -0.3 is 4.74 Å². The molecule has 0 spiro atoms. The van der Waals surface area contributed by atoms with Gasteiger partial charge in [0.15, 0.2) is 0 Å². The highest BCUT2D eigenvalue weighted by molar-refractivity contribution is 6.18. The number of hydrogen-bond acceptors (Lipinski definition) is 2. The first kappa shape index (κ1) is 11.3. The van der Waals surface area contributed by atoms with Gasteiger partial charge in [0.2, 0.25) is 0 Å². The van der Waals surface area contributed by atoms with E-state index >= 15 is 0 Å². The van der Waals surface area contributed by atoms with Gasteiger partial charge in [0.05, 0.1) is 12.7 Å². The first-order valence-corrected chi connectivity index (χ1v) is 5.80. The second-order valence-corrected chi connectivity index (χ2v) is 3.96. The molecule has 1 saturated heterocycles. The second kappa shape index (κ2) is 6.63. The molecular weight excluding hydrogens is 186 g/mol. The minimum Gasteiger partial charge on any atom is -0.374 e. The highest BCUT2D eigenvalue weighted by Crippen LogP contribution is 2.08. The van der Waals surface area contributed by atoms with Gasteiger partial charge in [-0.3, -0.25) is 4.90 Å². The summed E-state index contributed by atoms with van der Waals surface area (Å²) in [4.78, 5) is 2.46. The molecule has 0 aromatic carbocycles. The van der Waals surface area contributed by atoms with E-state index in [1.165, 1.54) is 25.8 Å². The van der Waals surface area contributed by atoms with E-state index in [1.54, 1.807) is 0 Å². The maximum absolute atomic E-state index is 5.76. The van der Waals surface area contributed by atoms with Crippen LogP contribution in [0.4, 0.5) is 0 Å². The van der Waals surface area contributed by atoms with Crippen molar-refractivity contribution in [2.24, 2.45) is 0 Å². The van der Waals surface area contributed by atoms with Crippen molar-refractivity contribution in [2.45, 2.75) is 32.3 Å². The van der Waals surface area contributed by atoms with Gasteiger partial charge in [-0.05, 0) is 13.0 Å². The van der Waals surface area contributed by atoms with Gasteiger partial charge >= 0.3 is 0 Å². The van der Waals surface area contributed by atoms with E-state index in [2.05, 4.69) is 11.8 Å². The van der Waals surface area contributed by atoms with E-state index in [-0.39, 0.29) is 6.10 Å². The summed E-state index contributed by atoms with van der Waals surface area (Å²) in [6, 6.07) is 0. The van der Waals surface area contributed by atoms with Crippen LogP contribution in [-0.2, 0) is 4.74 Å². The van der Waals surface area contributed by atoms with Gasteiger partial charge in [-0.15, -0.1) is 11.6 Å². The summed E-state index contributed by atoms with van der Waals surface area (Å²) in [5, 5.41) is 0. The normalized spacial score (nSPS) is 24.9. The maximum atomic E-state index is 5.76. The van der Waals surface area contributed by atoms with E-state index in [1.807, 2.05) is 0 Å². The standard InChI is InChI=1S/C10H20ClNO/c1-2-3-4-5-12-6-7-13-10(8-11)9-12/h10H,2-9H2,1H3. The molecular formula is C10H20ClNO. The number of hydrogen-bond donors (Lipinski definition) is 0. The van der Waals surface area contributed by atoms with E-state index in [9.17, 15) is 0 Å². The van der Waals surface area contributed by atoms with Crippen LogP contribution in [0.3, 0.4) is 0 Å². The zero-order valence-electron chi connectivity index (χ0n) is 8.47. The van der Waals surface area contributed by atoms with E-state index in [0.717, 1.165) is 19.7 Å². The Morgan fingerprint density at radius 2 is 2.31 bits per heavy atom. The van der Waals surface area contributed by atoms with Crippen LogP contribution in [0.1, 0.15) is 26.2 Å². The number of nitrogens with zero attached hydrogens (tertiary/aromatic N) is 1. The zero-order chi connectivity index (χ0) is 9.52. The summed E-state index contributed by atoms with van der Waals surface area (Å²) >= 11 is 5.76. The van der Waals surface area contributed by atoms with Crippen LogP contribution >= 0.6 is 11.6 Å². The van der Waals surface area contributed by atoms with Gasteiger partial charge in [-0.2, -0.15) is 0 Å². The molecule has 13 heavy (non-hydrogen) atoms. The number of halogens is 1. The molecule has 1 atom stereocenters. The number of ether oxygens (including phenoxy) is 1. The van der Waals surface area contributed by atoms with E-state index in [0.29, 0.717) is 5.88 Å². The quantitative estimate of drug-likeness (QED) is 0.504. The summed E-state index contributed by atoms with van der Waals surface area (Å²) in [5.74, 6) is 0.629. The maximum Gasteiger partial charge on any atom is 0.0837 e. The Labute approximate surface area is 86.2 Å². The molecule has 0 aromatic heterocycles. The van der Waals surface area contributed by atoms with Gasteiger partial charge in [-0.25, -0.2) is 0 Å². The minimum absolute atomic E-state index is 0.261. The van der Waals surface area contributed by atoms with Crippen molar-refractivity contribution >= 4 is 11.6 Å². The Morgan fingerprint density at radius 3 is 3.00 bits per heavy atom. The Hall–Kier alpha value is 0.210. The fraction of sp³-hybridized carbons (Fsp3) is 1.00. The lowest BCUT2D eigenvalue weighted by atomic mass is 10.2. The fourth-order valence-corrected chi connectivity index (χ4v) is 1.85. The number of unbranched alkanes of at least 4 members (excludes halogenated alkanes) is 2. The lowest BCUT2D eigenvalue weighted by Crippen LogP contribution is -2.43. The van der Waals surface area contributed by atoms with E-state index in [4.69, 9.17) is 16.3 Å². The topological polar surface area (TPSA) is 12.5 Å². The molecule has 1 rings (SSSR count). The van der Waals surface area contributed by atoms with Gasteiger partial charge in [-0.1, -0.05) is 19.8 Å².